The molecule has 1 N–H and O–H groups in total. The van der Waals surface area contributed by atoms with E-state index in [1.54, 1.807) is 21.1 Å². The molecular weight excluding hydrogens is 406 g/mol. The fourth-order valence-corrected chi connectivity index (χ4v) is 4.28. The second-order valence-electron chi connectivity index (χ2n) is 8.40. The summed E-state index contributed by atoms with van der Waals surface area (Å²) in [5, 5.41) is 2.84. The third kappa shape index (κ3) is 4.85. The first-order valence-electron chi connectivity index (χ1n) is 11.0. The summed E-state index contributed by atoms with van der Waals surface area (Å²) >= 11 is 0. The minimum Gasteiger partial charge on any atom is -0.496 e. The highest BCUT2D eigenvalue weighted by Gasteiger charge is 2.28. The first-order valence-corrected chi connectivity index (χ1v) is 11.0. The van der Waals surface area contributed by atoms with Crippen molar-refractivity contribution in [3.63, 3.8) is 0 Å². The molecule has 1 heterocycles. The zero-order valence-electron chi connectivity index (χ0n) is 19.4. The Hall–Kier alpha value is -3.15. The highest BCUT2D eigenvalue weighted by molar-refractivity contribution is 5.93. The Morgan fingerprint density at radius 3 is 2.22 bits per heavy atom. The first-order chi connectivity index (χ1) is 15.3. The summed E-state index contributed by atoms with van der Waals surface area (Å²) in [7, 11) is 3.21. The SMILES string of the molecule is CC[C@@H]1C(=O)C[C@@H](C)C(=O)N[C@H](C(C)=O)Cc2ccc(OC)c(c2)-c2cc1ccc2OC. The summed E-state index contributed by atoms with van der Waals surface area (Å²) in [6.07, 6.45) is 1.08. The number of Topliss-reactive ketones (excluding diaryl/α,β-unsaturated/α-hetero) is 2. The van der Waals surface area contributed by atoms with E-state index in [0.29, 0.717) is 24.3 Å². The number of ether oxygens (including phenoxy) is 2. The smallest absolute Gasteiger partial charge is 0.223 e. The van der Waals surface area contributed by atoms with E-state index in [-0.39, 0.29) is 29.8 Å². The van der Waals surface area contributed by atoms with Crippen LogP contribution in [0.25, 0.3) is 11.1 Å². The molecule has 4 bridgehead atoms. The van der Waals surface area contributed by atoms with Crippen molar-refractivity contribution in [1.82, 2.24) is 5.32 Å². The number of methoxy groups -OCH3 is 2. The van der Waals surface area contributed by atoms with E-state index < -0.39 is 12.0 Å². The van der Waals surface area contributed by atoms with Crippen molar-refractivity contribution in [2.24, 2.45) is 5.92 Å². The van der Waals surface area contributed by atoms with E-state index in [9.17, 15) is 14.4 Å². The van der Waals surface area contributed by atoms with Crippen molar-refractivity contribution in [1.29, 1.82) is 0 Å². The van der Waals surface area contributed by atoms with Gasteiger partial charge in [-0.25, -0.2) is 0 Å². The summed E-state index contributed by atoms with van der Waals surface area (Å²) < 4.78 is 11.2. The van der Waals surface area contributed by atoms with Gasteiger partial charge in [-0.05, 0) is 55.2 Å². The van der Waals surface area contributed by atoms with Crippen LogP contribution >= 0.6 is 0 Å². The lowest BCUT2D eigenvalue weighted by Crippen LogP contribution is -2.44. The number of ketones is 2. The molecule has 170 valence electrons. The maximum Gasteiger partial charge on any atom is 0.223 e. The Morgan fingerprint density at radius 2 is 1.62 bits per heavy atom. The number of benzene rings is 2. The van der Waals surface area contributed by atoms with Gasteiger partial charge in [-0.2, -0.15) is 0 Å². The minimum absolute atomic E-state index is 0.00316. The summed E-state index contributed by atoms with van der Waals surface area (Å²) in [6.45, 7) is 5.16. The lowest BCUT2D eigenvalue weighted by molar-refractivity contribution is -0.131. The molecule has 2 aromatic carbocycles. The molecule has 6 nitrogen and oxygen atoms in total. The molecule has 1 amide bonds. The number of fused-ring (bicyclic) bond motifs is 5. The fraction of sp³-hybridized carbons (Fsp3) is 0.423. The van der Waals surface area contributed by atoms with Crippen LogP contribution in [0.4, 0.5) is 0 Å². The van der Waals surface area contributed by atoms with Crippen LogP contribution in [0.15, 0.2) is 36.4 Å². The van der Waals surface area contributed by atoms with Crippen LogP contribution in [0.1, 0.15) is 50.7 Å². The van der Waals surface area contributed by atoms with Gasteiger partial charge in [-0.15, -0.1) is 0 Å². The second-order valence-corrected chi connectivity index (χ2v) is 8.40. The number of carbonyl (C=O) groups excluding carboxylic acids is 3. The standard InChI is InChI=1S/C26H31NO5/c1-6-19-18-8-10-25(32-5)21(14-18)20-12-17(7-9-24(20)31-4)13-22(16(3)28)27-26(30)15(2)11-23(19)29/h7-10,12,14-15,19,22H,6,11,13H2,1-5H3,(H,27,30)/t15-,19+,22+/m1/s1. The topological polar surface area (TPSA) is 81.7 Å². The molecule has 0 spiro atoms. The van der Waals surface area contributed by atoms with Gasteiger partial charge < -0.3 is 14.8 Å². The molecule has 32 heavy (non-hydrogen) atoms. The van der Waals surface area contributed by atoms with Crippen molar-refractivity contribution in [3.8, 4) is 22.6 Å². The van der Waals surface area contributed by atoms with E-state index in [1.807, 2.05) is 43.3 Å². The number of hydrogen-bond acceptors (Lipinski definition) is 5. The highest BCUT2D eigenvalue weighted by atomic mass is 16.5. The zero-order valence-corrected chi connectivity index (χ0v) is 19.4. The molecule has 0 aliphatic carbocycles. The first kappa shape index (κ1) is 23.5. The number of rotatable bonds is 4. The molecule has 1 aliphatic rings. The lowest BCUT2D eigenvalue weighted by atomic mass is 9.85. The number of hydrogen-bond donors (Lipinski definition) is 1. The van der Waals surface area contributed by atoms with Crippen LogP contribution < -0.4 is 14.8 Å². The molecule has 0 unspecified atom stereocenters. The summed E-state index contributed by atoms with van der Waals surface area (Å²) in [6, 6.07) is 10.8. The molecule has 0 radical (unpaired) electrons. The van der Waals surface area contributed by atoms with Crippen LogP contribution in [0, 0.1) is 5.92 Å². The second kappa shape index (κ2) is 9.98. The van der Waals surface area contributed by atoms with Gasteiger partial charge in [0.05, 0.1) is 20.3 Å². The largest absolute Gasteiger partial charge is 0.496 e. The van der Waals surface area contributed by atoms with Gasteiger partial charge in [-0.1, -0.05) is 26.0 Å². The van der Waals surface area contributed by atoms with Crippen molar-refractivity contribution in [2.75, 3.05) is 14.2 Å². The maximum absolute atomic E-state index is 13.1. The molecule has 2 aromatic rings. The molecule has 3 rings (SSSR count). The Morgan fingerprint density at radius 1 is 1.00 bits per heavy atom. The summed E-state index contributed by atoms with van der Waals surface area (Å²) in [5.74, 6) is 0.0580. The molecule has 0 aromatic heterocycles. The predicted octanol–water partition coefficient (Wildman–Crippen LogP) is 4.09. The van der Waals surface area contributed by atoms with Gasteiger partial charge in [0.25, 0.3) is 0 Å². The molecule has 3 atom stereocenters. The summed E-state index contributed by atoms with van der Waals surface area (Å²) in [5.41, 5.74) is 3.40. The Kier molecular flexibility index (Phi) is 7.33. The van der Waals surface area contributed by atoms with Crippen molar-refractivity contribution < 1.29 is 23.9 Å². The van der Waals surface area contributed by atoms with Crippen LogP contribution in [-0.4, -0.2) is 37.7 Å². The third-order valence-electron chi connectivity index (χ3n) is 6.18. The Bertz CT molecular complexity index is 1030. The van der Waals surface area contributed by atoms with Crippen LogP contribution in [0.5, 0.6) is 11.5 Å². The van der Waals surface area contributed by atoms with Gasteiger partial charge >= 0.3 is 0 Å². The van der Waals surface area contributed by atoms with Gasteiger partial charge in [0, 0.05) is 29.4 Å². The normalized spacial score (nSPS) is 21.3. The number of amides is 1. The number of carbonyl (C=O) groups is 3. The van der Waals surface area contributed by atoms with E-state index >= 15 is 0 Å². The molecular formula is C26H31NO5. The van der Waals surface area contributed by atoms with Gasteiger partial charge in [0.1, 0.15) is 17.3 Å². The average Bonchev–Trinajstić information content (AvgIpc) is 2.78. The molecule has 6 heteroatoms. The zero-order chi connectivity index (χ0) is 23.4. The predicted molar refractivity (Wildman–Crippen MR) is 123 cm³/mol. The Labute approximate surface area is 189 Å². The van der Waals surface area contributed by atoms with Crippen LogP contribution in [-0.2, 0) is 20.8 Å². The van der Waals surface area contributed by atoms with Gasteiger partial charge in [0.15, 0.2) is 5.78 Å². The minimum atomic E-state index is -0.667. The monoisotopic (exact) mass is 437 g/mol. The van der Waals surface area contributed by atoms with E-state index in [4.69, 9.17) is 9.47 Å². The van der Waals surface area contributed by atoms with Gasteiger partial charge in [-0.3, -0.25) is 14.4 Å². The Balaban J connectivity index is 2.24. The fourth-order valence-electron chi connectivity index (χ4n) is 4.28. The maximum atomic E-state index is 13.1. The number of nitrogens with one attached hydrogen (secondary N) is 1. The highest BCUT2D eigenvalue weighted by Crippen LogP contribution is 2.40. The molecule has 0 saturated heterocycles. The molecule has 1 aliphatic heterocycles. The molecule has 0 fully saturated rings. The van der Waals surface area contributed by atoms with Crippen LogP contribution in [0.3, 0.4) is 0 Å². The van der Waals surface area contributed by atoms with Crippen LogP contribution in [0.2, 0.25) is 0 Å². The van der Waals surface area contributed by atoms with Crippen molar-refractivity contribution in [3.05, 3.63) is 47.5 Å². The third-order valence-corrected chi connectivity index (χ3v) is 6.18. The molecule has 0 saturated carbocycles. The van der Waals surface area contributed by atoms with Crippen molar-refractivity contribution in [2.45, 2.75) is 52.0 Å². The van der Waals surface area contributed by atoms with E-state index in [0.717, 1.165) is 22.3 Å². The van der Waals surface area contributed by atoms with Gasteiger partial charge in [0.2, 0.25) is 5.91 Å². The van der Waals surface area contributed by atoms with Crippen molar-refractivity contribution >= 4 is 17.5 Å². The van der Waals surface area contributed by atoms with E-state index in [2.05, 4.69) is 5.32 Å². The quantitative estimate of drug-likeness (QED) is 0.779. The summed E-state index contributed by atoms with van der Waals surface area (Å²) in [4.78, 5) is 38.2. The average molecular weight is 438 g/mol. The lowest BCUT2D eigenvalue weighted by Gasteiger charge is -2.23. The van der Waals surface area contributed by atoms with E-state index in [1.165, 1.54) is 6.92 Å².